The Balaban J connectivity index is 1.50. The third-order valence-corrected chi connectivity index (χ3v) is 6.55. The minimum Gasteiger partial charge on any atom is -0.486 e. The first-order chi connectivity index (χ1) is 15.8. The van der Waals surface area contributed by atoms with Crippen LogP contribution in [0.25, 0.3) is 6.08 Å². The minimum atomic E-state index is -0.335. The van der Waals surface area contributed by atoms with E-state index in [9.17, 15) is 9.59 Å². The average molecular weight is 498 g/mol. The Hall–Kier alpha value is -2.73. The molecule has 3 aromatic carbocycles. The van der Waals surface area contributed by atoms with Crippen LogP contribution < -0.4 is 4.74 Å². The Bertz CT molecular complexity index is 1250. The molecule has 0 bridgehead atoms. The number of halogens is 2. The standard InChI is InChI=1S/C26H21Cl2NO3S/c1-16-5-3-7-18(9-16)14-29-25(30)23(33-26(29)31)13-20-11-21(27)24(22(28)12-20)32-15-19-8-4-6-17(2)10-19/h3-13H,14-15H2,1-2H3/b23-13-. The number of aryl methyl sites for hydroxylation is 2. The second kappa shape index (κ2) is 10.0. The molecule has 3 aromatic rings. The molecule has 0 N–H and O–H groups in total. The van der Waals surface area contributed by atoms with Crippen LogP contribution in [0.4, 0.5) is 4.79 Å². The van der Waals surface area contributed by atoms with E-state index in [1.165, 1.54) is 4.90 Å². The first-order valence-electron chi connectivity index (χ1n) is 10.3. The van der Waals surface area contributed by atoms with E-state index in [1.54, 1.807) is 18.2 Å². The van der Waals surface area contributed by atoms with E-state index in [4.69, 9.17) is 27.9 Å². The van der Waals surface area contributed by atoms with Crippen molar-refractivity contribution >= 4 is 52.2 Å². The molecule has 168 valence electrons. The zero-order valence-corrected chi connectivity index (χ0v) is 20.4. The van der Waals surface area contributed by atoms with Gasteiger partial charge in [0.1, 0.15) is 6.61 Å². The van der Waals surface area contributed by atoms with Gasteiger partial charge in [0.2, 0.25) is 0 Å². The van der Waals surface area contributed by atoms with Gasteiger partial charge in [0.15, 0.2) is 5.75 Å². The molecule has 2 amide bonds. The molecule has 4 rings (SSSR count). The van der Waals surface area contributed by atoms with Crippen molar-refractivity contribution in [2.24, 2.45) is 0 Å². The number of nitrogens with zero attached hydrogens (tertiary/aromatic N) is 1. The molecule has 1 heterocycles. The summed E-state index contributed by atoms with van der Waals surface area (Å²) in [6.45, 7) is 4.55. The molecular weight excluding hydrogens is 477 g/mol. The fraction of sp³-hybridized carbons (Fsp3) is 0.154. The Labute approximate surface area is 207 Å². The first kappa shape index (κ1) is 23.4. The first-order valence-corrected chi connectivity index (χ1v) is 11.9. The summed E-state index contributed by atoms with van der Waals surface area (Å²) >= 11 is 13.8. The molecule has 0 radical (unpaired) electrons. The molecule has 0 aliphatic carbocycles. The second-order valence-electron chi connectivity index (χ2n) is 7.85. The van der Waals surface area contributed by atoms with Gasteiger partial charge in [0.25, 0.3) is 11.1 Å². The van der Waals surface area contributed by atoms with Crippen LogP contribution in [-0.2, 0) is 17.9 Å². The largest absolute Gasteiger partial charge is 0.486 e. The number of carbonyl (C=O) groups is 2. The molecule has 1 aliphatic rings. The van der Waals surface area contributed by atoms with E-state index >= 15 is 0 Å². The SMILES string of the molecule is Cc1cccc(COc2c(Cl)cc(/C=C3\SC(=O)N(Cc4cccc(C)c4)C3=O)cc2Cl)c1. The number of imide groups is 1. The average Bonchev–Trinajstić information content (AvgIpc) is 3.00. The number of benzene rings is 3. The van der Waals surface area contributed by atoms with E-state index in [1.807, 2.05) is 62.4 Å². The predicted octanol–water partition coefficient (Wildman–Crippen LogP) is 7.43. The number of carbonyl (C=O) groups excluding carboxylic acids is 2. The molecule has 33 heavy (non-hydrogen) atoms. The van der Waals surface area contributed by atoms with Crippen molar-refractivity contribution in [1.29, 1.82) is 0 Å². The van der Waals surface area contributed by atoms with Gasteiger partial charge in [-0.05, 0) is 60.5 Å². The molecule has 0 aromatic heterocycles. The quantitative estimate of drug-likeness (QED) is 0.332. The van der Waals surface area contributed by atoms with Gasteiger partial charge < -0.3 is 4.74 Å². The lowest BCUT2D eigenvalue weighted by atomic mass is 10.1. The van der Waals surface area contributed by atoms with Gasteiger partial charge in [-0.3, -0.25) is 14.5 Å². The van der Waals surface area contributed by atoms with Crippen molar-refractivity contribution in [3.63, 3.8) is 0 Å². The van der Waals surface area contributed by atoms with Gasteiger partial charge in [0.05, 0.1) is 21.5 Å². The number of amides is 2. The monoisotopic (exact) mass is 497 g/mol. The van der Waals surface area contributed by atoms with Crippen LogP contribution in [-0.4, -0.2) is 16.0 Å². The van der Waals surface area contributed by atoms with Crippen LogP contribution in [0.15, 0.2) is 65.6 Å². The van der Waals surface area contributed by atoms with Gasteiger partial charge in [-0.2, -0.15) is 0 Å². The van der Waals surface area contributed by atoms with E-state index in [0.717, 1.165) is 34.0 Å². The molecule has 0 saturated carbocycles. The Morgan fingerprint density at radius 3 is 2.15 bits per heavy atom. The van der Waals surface area contributed by atoms with Crippen molar-refractivity contribution in [2.75, 3.05) is 0 Å². The molecule has 0 unspecified atom stereocenters. The highest BCUT2D eigenvalue weighted by atomic mass is 35.5. The highest BCUT2D eigenvalue weighted by molar-refractivity contribution is 8.18. The van der Waals surface area contributed by atoms with Gasteiger partial charge in [-0.25, -0.2) is 0 Å². The van der Waals surface area contributed by atoms with Crippen LogP contribution in [0.1, 0.15) is 27.8 Å². The minimum absolute atomic E-state index is 0.233. The maximum atomic E-state index is 12.9. The summed E-state index contributed by atoms with van der Waals surface area (Å²) in [6.07, 6.45) is 1.63. The van der Waals surface area contributed by atoms with Crippen molar-refractivity contribution in [2.45, 2.75) is 27.0 Å². The third kappa shape index (κ3) is 5.61. The molecule has 1 fully saturated rings. The lowest BCUT2D eigenvalue weighted by Gasteiger charge is -2.13. The van der Waals surface area contributed by atoms with E-state index < -0.39 is 0 Å². The zero-order chi connectivity index (χ0) is 23.5. The van der Waals surface area contributed by atoms with Gasteiger partial charge in [-0.1, -0.05) is 82.9 Å². The van der Waals surface area contributed by atoms with Gasteiger partial charge >= 0.3 is 0 Å². The highest BCUT2D eigenvalue weighted by Gasteiger charge is 2.35. The van der Waals surface area contributed by atoms with Crippen LogP contribution in [0, 0.1) is 13.8 Å². The van der Waals surface area contributed by atoms with E-state index in [2.05, 4.69) is 0 Å². The lowest BCUT2D eigenvalue weighted by Crippen LogP contribution is -2.27. The van der Waals surface area contributed by atoms with Crippen molar-refractivity contribution in [3.8, 4) is 5.75 Å². The smallest absolute Gasteiger partial charge is 0.293 e. The number of hydrogen-bond donors (Lipinski definition) is 0. The van der Waals surface area contributed by atoms with Crippen LogP contribution >= 0.6 is 35.0 Å². The molecule has 4 nitrogen and oxygen atoms in total. The number of thioether (sulfide) groups is 1. The van der Waals surface area contributed by atoms with Crippen molar-refractivity contribution in [1.82, 2.24) is 4.90 Å². The van der Waals surface area contributed by atoms with E-state index in [-0.39, 0.29) is 17.7 Å². The van der Waals surface area contributed by atoms with Crippen LogP contribution in [0.5, 0.6) is 5.75 Å². The summed E-state index contributed by atoms with van der Waals surface area (Å²) in [5.41, 5.74) is 4.74. The lowest BCUT2D eigenvalue weighted by molar-refractivity contribution is -0.123. The number of hydrogen-bond acceptors (Lipinski definition) is 4. The Morgan fingerprint density at radius 1 is 0.909 bits per heavy atom. The fourth-order valence-electron chi connectivity index (χ4n) is 3.54. The van der Waals surface area contributed by atoms with Gasteiger partial charge in [-0.15, -0.1) is 0 Å². The number of ether oxygens (including phenoxy) is 1. The van der Waals surface area contributed by atoms with Crippen LogP contribution in [0.3, 0.4) is 0 Å². The number of rotatable bonds is 6. The molecule has 1 saturated heterocycles. The molecule has 1 aliphatic heterocycles. The zero-order valence-electron chi connectivity index (χ0n) is 18.1. The molecule has 7 heteroatoms. The Morgan fingerprint density at radius 2 is 1.52 bits per heavy atom. The van der Waals surface area contributed by atoms with E-state index in [0.29, 0.717) is 32.9 Å². The van der Waals surface area contributed by atoms with Crippen LogP contribution in [0.2, 0.25) is 10.0 Å². The summed E-state index contributed by atoms with van der Waals surface area (Å²) in [4.78, 5) is 26.9. The summed E-state index contributed by atoms with van der Waals surface area (Å²) < 4.78 is 5.85. The fourth-order valence-corrected chi connectivity index (χ4v) is 4.99. The normalized spacial score (nSPS) is 14.9. The summed E-state index contributed by atoms with van der Waals surface area (Å²) in [5, 5.41) is 0.365. The van der Waals surface area contributed by atoms with Gasteiger partial charge in [0, 0.05) is 0 Å². The molecule has 0 atom stereocenters. The summed E-state index contributed by atoms with van der Waals surface area (Å²) in [7, 11) is 0. The highest BCUT2D eigenvalue weighted by Crippen LogP contribution is 2.38. The topological polar surface area (TPSA) is 46.6 Å². The summed E-state index contributed by atoms with van der Waals surface area (Å²) in [5.74, 6) is 0.0445. The van der Waals surface area contributed by atoms with Crippen molar-refractivity contribution in [3.05, 3.63) is 103 Å². The maximum Gasteiger partial charge on any atom is 0.293 e. The molecular formula is C26H21Cl2NO3S. The maximum absolute atomic E-state index is 12.9. The van der Waals surface area contributed by atoms with Crippen molar-refractivity contribution < 1.29 is 14.3 Å². The summed E-state index contributed by atoms with van der Waals surface area (Å²) in [6, 6.07) is 19.1. The Kier molecular flexibility index (Phi) is 7.13. The molecule has 0 spiro atoms. The second-order valence-corrected chi connectivity index (χ2v) is 9.66. The predicted molar refractivity (Wildman–Crippen MR) is 135 cm³/mol. The third-order valence-electron chi connectivity index (χ3n) is 5.08.